The van der Waals surface area contributed by atoms with Gasteiger partial charge in [-0.15, -0.1) is 11.8 Å². The molecule has 1 heterocycles. The highest BCUT2D eigenvalue weighted by atomic mass is 32.2. The highest BCUT2D eigenvalue weighted by molar-refractivity contribution is 8.00. The molecule has 6 nitrogen and oxygen atoms in total. The van der Waals surface area contributed by atoms with Gasteiger partial charge in [-0.1, -0.05) is 29.8 Å². The second-order valence-electron chi connectivity index (χ2n) is 8.63. The molecule has 0 saturated carbocycles. The molecule has 1 aliphatic rings. The van der Waals surface area contributed by atoms with Crippen LogP contribution in [-0.4, -0.2) is 67.5 Å². The Morgan fingerprint density at radius 1 is 0.879 bits per heavy atom. The first-order valence-corrected chi connectivity index (χ1v) is 12.9. The first kappa shape index (κ1) is 25.1. The summed E-state index contributed by atoms with van der Waals surface area (Å²) in [6.45, 7) is 10.2. The maximum atomic E-state index is 12.0. The fourth-order valence-corrected chi connectivity index (χ4v) is 4.51. The number of hydrogen-bond donors (Lipinski definition) is 2. The Balaban J connectivity index is 1.19. The van der Waals surface area contributed by atoms with E-state index < -0.39 is 0 Å². The second kappa shape index (κ2) is 13.3. The Hall–Kier alpha value is -2.51. The molecule has 2 aromatic rings. The maximum Gasteiger partial charge on any atom is 0.234 e. The number of nitrogens with one attached hydrogen (secondary N) is 2. The van der Waals surface area contributed by atoms with Crippen molar-refractivity contribution in [3.63, 3.8) is 0 Å². The van der Waals surface area contributed by atoms with Gasteiger partial charge in [0, 0.05) is 44.1 Å². The number of unbranched alkanes of at least 4 members (excludes halogenated alkanes) is 1. The molecule has 0 aromatic heterocycles. The molecule has 0 atom stereocenters. The maximum absolute atomic E-state index is 12.0. The van der Waals surface area contributed by atoms with E-state index in [1.807, 2.05) is 31.2 Å². The van der Waals surface area contributed by atoms with E-state index in [1.165, 1.54) is 23.0 Å². The van der Waals surface area contributed by atoms with E-state index in [0.29, 0.717) is 12.3 Å². The van der Waals surface area contributed by atoms with Crippen molar-refractivity contribution in [2.75, 3.05) is 61.0 Å². The van der Waals surface area contributed by atoms with Gasteiger partial charge in [-0.3, -0.25) is 14.5 Å². The van der Waals surface area contributed by atoms with E-state index in [2.05, 4.69) is 51.6 Å². The first-order chi connectivity index (χ1) is 16.0. The van der Waals surface area contributed by atoms with Gasteiger partial charge >= 0.3 is 0 Å². The lowest BCUT2D eigenvalue weighted by atomic mass is 10.2. The number of aryl methyl sites for hydroxylation is 2. The zero-order valence-electron chi connectivity index (χ0n) is 19.8. The van der Waals surface area contributed by atoms with Crippen molar-refractivity contribution >= 4 is 35.0 Å². The normalized spacial score (nSPS) is 14.2. The number of piperazine rings is 1. The van der Waals surface area contributed by atoms with Crippen LogP contribution in [0.5, 0.6) is 0 Å². The molecule has 33 heavy (non-hydrogen) atoms. The summed E-state index contributed by atoms with van der Waals surface area (Å²) in [4.78, 5) is 28.9. The number of amides is 2. The number of anilines is 2. The summed E-state index contributed by atoms with van der Waals surface area (Å²) < 4.78 is 0. The summed E-state index contributed by atoms with van der Waals surface area (Å²) in [7, 11) is 0. The van der Waals surface area contributed by atoms with Gasteiger partial charge in [-0.2, -0.15) is 0 Å². The molecule has 2 N–H and O–H groups in total. The lowest BCUT2D eigenvalue weighted by Crippen LogP contribution is -2.46. The molecule has 0 spiro atoms. The molecule has 3 rings (SSSR count). The Bertz CT molecular complexity index is 895. The Morgan fingerprint density at radius 3 is 2.33 bits per heavy atom. The summed E-state index contributed by atoms with van der Waals surface area (Å²) >= 11 is 1.34. The molecule has 7 heteroatoms. The van der Waals surface area contributed by atoms with Crippen molar-refractivity contribution in [2.24, 2.45) is 0 Å². The third-order valence-electron chi connectivity index (χ3n) is 5.76. The lowest BCUT2D eigenvalue weighted by molar-refractivity contribution is -0.118. The zero-order valence-corrected chi connectivity index (χ0v) is 20.6. The van der Waals surface area contributed by atoms with Crippen molar-refractivity contribution in [2.45, 2.75) is 26.7 Å². The summed E-state index contributed by atoms with van der Waals surface area (Å²) in [5.74, 6) is 0.493. The number of rotatable bonds is 11. The van der Waals surface area contributed by atoms with Crippen molar-refractivity contribution < 1.29 is 9.59 Å². The van der Waals surface area contributed by atoms with Gasteiger partial charge in [0.2, 0.25) is 11.8 Å². The number of carbonyl (C=O) groups excluding carboxylic acids is 2. The molecule has 0 unspecified atom stereocenters. The minimum Gasteiger partial charge on any atom is -0.369 e. The molecule has 2 aromatic carbocycles. The average molecular weight is 469 g/mol. The first-order valence-electron chi connectivity index (χ1n) is 11.7. The topological polar surface area (TPSA) is 64.7 Å². The lowest BCUT2D eigenvalue weighted by Gasteiger charge is -2.36. The van der Waals surface area contributed by atoms with Crippen LogP contribution in [0.3, 0.4) is 0 Å². The summed E-state index contributed by atoms with van der Waals surface area (Å²) in [5, 5.41) is 5.81. The molecule has 1 saturated heterocycles. The van der Waals surface area contributed by atoms with Gasteiger partial charge in [0.15, 0.2) is 0 Å². The smallest absolute Gasteiger partial charge is 0.234 e. The predicted molar refractivity (Wildman–Crippen MR) is 139 cm³/mol. The van der Waals surface area contributed by atoms with Crippen LogP contribution in [0, 0.1) is 13.8 Å². The zero-order chi connectivity index (χ0) is 23.5. The minimum atomic E-state index is -0.0841. The van der Waals surface area contributed by atoms with Gasteiger partial charge in [0.25, 0.3) is 0 Å². The van der Waals surface area contributed by atoms with Crippen LogP contribution >= 0.6 is 11.8 Å². The third-order valence-corrected chi connectivity index (χ3v) is 6.70. The van der Waals surface area contributed by atoms with Crippen LogP contribution in [-0.2, 0) is 9.59 Å². The minimum absolute atomic E-state index is 0.00472. The monoisotopic (exact) mass is 468 g/mol. The van der Waals surface area contributed by atoms with Crippen LogP contribution in [0.15, 0.2) is 48.5 Å². The van der Waals surface area contributed by atoms with E-state index in [9.17, 15) is 9.59 Å². The number of thioether (sulfide) groups is 1. The molecule has 1 fully saturated rings. The van der Waals surface area contributed by atoms with Crippen molar-refractivity contribution in [3.8, 4) is 0 Å². The number of hydrogen-bond acceptors (Lipinski definition) is 5. The van der Waals surface area contributed by atoms with E-state index >= 15 is 0 Å². The molecular formula is C26H36N4O2S. The summed E-state index contributed by atoms with van der Waals surface area (Å²) in [6.07, 6.45) is 2.05. The van der Waals surface area contributed by atoms with Crippen LogP contribution in [0.2, 0.25) is 0 Å². The Morgan fingerprint density at radius 2 is 1.61 bits per heavy atom. The van der Waals surface area contributed by atoms with Gasteiger partial charge in [0.05, 0.1) is 11.5 Å². The molecule has 2 amide bonds. The van der Waals surface area contributed by atoms with E-state index in [4.69, 9.17) is 0 Å². The molecule has 1 aliphatic heterocycles. The number of nitrogens with zero attached hydrogens (tertiary/aromatic N) is 2. The van der Waals surface area contributed by atoms with E-state index in [-0.39, 0.29) is 17.6 Å². The van der Waals surface area contributed by atoms with Gasteiger partial charge in [-0.05, 0) is 63.1 Å². The van der Waals surface area contributed by atoms with Crippen LogP contribution in [0.1, 0.15) is 24.0 Å². The van der Waals surface area contributed by atoms with E-state index in [1.54, 1.807) is 0 Å². The summed E-state index contributed by atoms with van der Waals surface area (Å²) in [6, 6.07) is 16.4. The SMILES string of the molecule is Cc1ccc(NC(=O)CSCC(=O)NCCCCN2CCN(c3cccc(C)c3)CC2)cc1. The molecular weight excluding hydrogens is 432 g/mol. The second-order valence-corrected chi connectivity index (χ2v) is 9.62. The number of carbonyl (C=O) groups is 2. The van der Waals surface area contributed by atoms with Gasteiger partial charge < -0.3 is 15.5 Å². The van der Waals surface area contributed by atoms with E-state index in [0.717, 1.165) is 56.8 Å². The Labute approximate surface area is 202 Å². The van der Waals surface area contributed by atoms with Crippen LogP contribution in [0.25, 0.3) is 0 Å². The van der Waals surface area contributed by atoms with Gasteiger partial charge in [-0.25, -0.2) is 0 Å². The Kier molecular flexibility index (Phi) is 10.1. The molecule has 0 radical (unpaired) electrons. The van der Waals surface area contributed by atoms with Crippen molar-refractivity contribution in [1.29, 1.82) is 0 Å². The summed E-state index contributed by atoms with van der Waals surface area (Å²) in [5.41, 5.74) is 4.57. The molecule has 0 bridgehead atoms. The quantitative estimate of drug-likeness (QED) is 0.493. The van der Waals surface area contributed by atoms with Crippen molar-refractivity contribution in [3.05, 3.63) is 59.7 Å². The van der Waals surface area contributed by atoms with Gasteiger partial charge in [0.1, 0.15) is 0 Å². The largest absolute Gasteiger partial charge is 0.369 e. The van der Waals surface area contributed by atoms with Crippen molar-refractivity contribution in [1.82, 2.24) is 10.2 Å². The number of benzene rings is 2. The molecule has 0 aliphatic carbocycles. The third kappa shape index (κ3) is 9.10. The average Bonchev–Trinajstić information content (AvgIpc) is 2.81. The predicted octanol–water partition coefficient (Wildman–Crippen LogP) is 3.69. The highest BCUT2D eigenvalue weighted by Crippen LogP contribution is 2.18. The standard InChI is InChI=1S/C26H36N4O2S/c1-21-8-10-23(11-9-21)28-26(32)20-33-19-25(31)27-12-3-4-13-29-14-16-30(17-15-29)24-7-5-6-22(2)18-24/h5-11,18H,3-4,12-17,19-20H2,1-2H3,(H,27,31)(H,28,32). The highest BCUT2D eigenvalue weighted by Gasteiger charge is 2.16. The fourth-order valence-electron chi connectivity index (χ4n) is 3.86. The van der Waals surface area contributed by atoms with Crippen LogP contribution in [0.4, 0.5) is 11.4 Å². The molecule has 178 valence electrons. The van der Waals surface area contributed by atoms with Crippen LogP contribution < -0.4 is 15.5 Å². The fraction of sp³-hybridized carbons (Fsp3) is 0.462.